The van der Waals surface area contributed by atoms with Crippen LogP contribution in [-0.2, 0) is 9.59 Å². The minimum Gasteiger partial charge on any atom is -0.294 e. The summed E-state index contributed by atoms with van der Waals surface area (Å²) in [6.45, 7) is 4.57. The maximum Gasteiger partial charge on any atom is 0.233 e. The zero-order valence-corrected chi connectivity index (χ0v) is 9.19. The molecule has 1 saturated heterocycles. The van der Waals surface area contributed by atoms with Gasteiger partial charge in [-0.3, -0.25) is 19.5 Å². The summed E-state index contributed by atoms with van der Waals surface area (Å²) in [5.74, 6) is 0.474. The molecule has 0 bridgehead atoms. The fraction of sp³-hybridized carbons (Fsp3) is 0.727. The number of amidine groups is 1. The van der Waals surface area contributed by atoms with E-state index >= 15 is 0 Å². The molecule has 0 spiro atoms. The van der Waals surface area contributed by atoms with E-state index in [0.717, 1.165) is 12.8 Å². The molecule has 4 nitrogen and oxygen atoms in total. The predicted molar refractivity (Wildman–Crippen MR) is 56.6 cm³/mol. The molecule has 1 fully saturated rings. The van der Waals surface area contributed by atoms with Gasteiger partial charge in [-0.2, -0.15) is 0 Å². The number of amides is 1. The Hall–Kier alpha value is -1.19. The van der Waals surface area contributed by atoms with E-state index < -0.39 is 0 Å². The highest BCUT2D eigenvalue weighted by Crippen LogP contribution is 2.24. The second kappa shape index (κ2) is 3.76. The van der Waals surface area contributed by atoms with Gasteiger partial charge >= 0.3 is 0 Å². The Morgan fingerprint density at radius 1 is 1.47 bits per heavy atom. The first-order valence-electron chi connectivity index (χ1n) is 5.57. The smallest absolute Gasteiger partial charge is 0.233 e. The number of hydrogen-bond donors (Lipinski definition) is 0. The molecule has 2 heterocycles. The number of ketones is 1. The fourth-order valence-electron chi connectivity index (χ4n) is 2.33. The number of piperidine rings is 1. The molecule has 4 heteroatoms. The summed E-state index contributed by atoms with van der Waals surface area (Å²) >= 11 is 0. The van der Waals surface area contributed by atoms with Gasteiger partial charge in [0.25, 0.3) is 0 Å². The number of hydrogen-bond acceptors (Lipinski definition) is 3. The van der Waals surface area contributed by atoms with Crippen LogP contribution in [0.4, 0.5) is 0 Å². The van der Waals surface area contributed by atoms with Crippen molar-refractivity contribution in [2.24, 2.45) is 10.9 Å². The quantitative estimate of drug-likeness (QED) is 0.645. The Kier molecular flexibility index (Phi) is 2.59. The number of carbonyl (C=O) groups excluding carboxylic acids is 2. The van der Waals surface area contributed by atoms with E-state index in [4.69, 9.17) is 0 Å². The number of rotatable bonds is 1. The first kappa shape index (κ1) is 10.3. The van der Waals surface area contributed by atoms with Gasteiger partial charge in [-0.05, 0) is 19.8 Å². The Bertz CT molecular complexity index is 335. The van der Waals surface area contributed by atoms with Crippen molar-refractivity contribution in [2.75, 3.05) is 6.54 Å². The van der Waals surface area contributed by atoms with Gasteiger partial charge in [0.15, 0.2) is 11.6 Å². The molecule has 2 unspecified atom stereocenters. The van der Waals surface area contributed by atoms with E-state index in [2.05, 4.69) is 4.99 Å². The topological polar surface area (TPSA) is 49.7 Å². The van der Waals surface area contributed by atoms with E-state index in [1.165, 1.54) is 0 Å². The molecule has 0 aliphatic carbocycles. The lowest BCUT2D eigenvalue weighted by molar-refractivity contribution is -0.135. The average molecular weight is 208 g/mol. The summed E-state index contributed by atoms with van der Waals surface area (Å²) in [7, 11) is 0. The maximum atomic E-state index is 12.0. The monoisotopic (exact) mass is 208 g/mol. The van der Waals surface area contributed by atoms with Crippen LogP contribution in [0.25, 0.3) is 0 Å². The first-order valence-corrected chi connectivity index (χ1v) is 5.57. The van der Waals surface area contributed by atoms with Crippen LogP contribution >= 0.6 is 0 Å². The van der Waals surface area contributed by atoms with Crippen molar-refractivity contribution >= 4 is 17.5 Å². The molecule has 15 heavy (non-hydrogen) atoms. The van der Waals surface area contributed by atoms with Crippen molar-refractivity contribution in [1.82, 2.24) is 4.90 Å². The van der Waals surface area contributed by atoms with Crippen LogP contribution < -0.4 is 0 Å². The predicted octanol–water partition coefficient (Wildman–Crippen LogP) is 1.00. The summed E-state index contributed by atoms with van der Waals surface area (Å²) in [6.07, 6.45) is 2.10. The van der Waals surface area contributed by atoms with Crippen molar-refractivity contribution in [3.05, 3.63) is 0 Å². The minimum atomic E-state index is -0.0456. The summed E-state index contributed by atoms with van der Waals surface area (Å²) in [5.41, 5.74) is 0. The molecule has 1 amide bonds. The fourth-order valence-corrected chi connectivity index (χ4v) is 2.33. The molecule has 0 N–H and O–H groups in total. The maximum absolute atomic E-state index is 12.0. The molecular weight excluding hydrogens is 192 g/mol. The van der Waals surface area contributed by atoms with Crippen molar-refractivity contribution in [1.29, 1.82) is 0 Å². The second-order valence-electron chi connectivity index (χ2n) is 4.22. The first-order chi connectivity index (χ1) is 7.15. The van der Waals surface area contributed by atoms with Gasteiger partial charge in [-0.15, -0.1) is 0 Å². The average Bonchev–Trinajstić information content (AvgIpc) is 2.20. The van der Waals surface area contributed by atoms with Gasteiger partial charge in [0.2, 0.25) is 5.91 Å². The number of carbonyl (C=O) groups is 2. The third-order valence-electron chi connectivity index (χ3n) is 3.22. The second-order valence-corrected chi connectivity index (χ2v) is 4.22. The molecule has 2 aliphatic rings. The molecule has 0 saturated carbocycles. The van der Waals surface area contributed by atoms with Crippen LogP contribution in [0, 0.1) is 5.92 Å². The molecule has 2 aliphatic heterocycles. The Labute approximate surface area is 89.4 Å². The summed E-state index contributed by atoms with van der Waals surface area (Å²) < 4.78 is 0. The van der Waals surface area contributed by atoms with E-state index in [1.54, 1.807) is 4.90 Å². The highest BCUT2D eigenvalue weighted by molar-refractivity contribution is 6.42. The standard InChI is InChI=1S/C11H16N2O2/c1-3-8-7(2)12-10-9(14)5-4-6-13(10)11(8)15/h7-8H,3-6H2,1-2H3. The van der Waals surface area contributed by atoms with E-state index in [1.807, 2.05) is 13.8 Å². The van der Waals surface area contributed by atoms with Crippen LogP contribution in [0.15, 0.2) is 4.99 Å². The number of aliphatic imine (C=N–C) groups is 1. The molecule has 0 aromatic rings. The van der Waals surface area contributed by atoms with Gasteiger partial charge in [-0.1, -0.05) is 6.92 Å². The minimum absolute atomic E-state index is 0.0241. The SMILES string of the molecule is CCC1C(=O)N2CCCC(=O)C2=NC1C. The normalized spacial score (nSPS) is 31.3. The van der Waals surface area contributed by atoms with Gasteiger partial charge in [0.1, 0.15) is 0 Å². The Morgan fingerprint density at radius 2 is 2.20 bits per heavy atom. The van der Waals surface area contributed by atoms with Crippen LogP contribution in [0.2, 0.25) is 0 Å². The van der Waals surface area contributed by atoms with E-state index in [-0.39, 0.29) is 23.7 Å². The van der Waals surface area contributed by atoms with Gasteiger partial charge in [0, 0.05) is 13.0 Å². The van der Waals surface area contributed by atoms with Crippen LogP contribution in [0.3, 0.4) is 0 Å². The summed E-state index contributed by atoms with van der Waals surface area (Å²) in [4.78, 5) is 29.6. The molecule has 0 radical (unpaired) electrons. The Balaban J connectivity index is 2.34. The third-order valence-corrected chi connectivity index (χ3v) is 3.22. The Morgan fingerprint density at radius 3 is 2.87 bits per heavy atom. The van der Waals surface area contributed by atoms with Crippen LogP contribution in [-0.4, -0.2) is 35.0 Å². The van der Waals surface area contributed by atoms with E-state index in [0.29, 0.717) is 18.8 Å². The number of Topliss-reactive ketones (excluding diaryl/α,β-unsaturated/α-hetero) is 1. The lowest BCUT2D eigenvalue weighted by atomic mass is 9.92. The van der Waals surface area contributed by atoms with Crippen molar-refractivity contribution in [3.63, 3.8) is 0 Å². The zero-order valence-electron chi connectivity index (χ0n) is 9.19. The number of nitrogens with zero attached hydrogens (tertiary/aromatic N) is 2. The molecular formula is C11H16N2O2. The summed E-state index contributed by atoms with van der Waals surface area (Å²) in [6, 6.07) is -0.0456. The highest BCUT2D eigenvalue weighted by atomic mass is 16.2. The van der Waals surface area contributed by atoms with Gasteiger partial charge < -0.3 is 0 Å². The van der Waals surface area contributed by atoms with Gasteiger partial charge in [-0.25, -0.2) is 0 Å². The zero-order chi connectivity index (χ0) is 11.0. The van der Waals surface area contributed by atoms with Crippen LogP contribution in [0.1, 0.15) is 33.1 Å². The molecule has 0 aromatic heterocycles. The molecule has 0 aromatic carbocycles. The largest absolute Gasteiger partial charge is 0.294 e. The van der Waals surface area contributed by atoms with Crippen molar-refractivity contribution < 1.29 is 9.59 Å². The third kappa shape index (κ3) is 1.58. The lowest BCUT2D eigenvalue weighted by Gasteiger charge is -2.36. The van der Waals surface area contributed by atoms with Gasteiger partial charge in [0.05, 0.1) is 12.0 Å². The van der Waals surface area contributed by atoms with Crippen molar-refractivity contribution in [2.45, 2.75) is 39.2 Å². The molecule has 82 valence electrons. The molecule has 2 rings (SSSR count). The number of fused-ring (bicyclic) bond motifs is 1. The summed E-state index contributed by atoms with van der Waals surface area (Å²) in [5, 5.41) is 0. The lowest BCUT2D eigenvalue weighted by Crippen LogP contribution is -2.53. The van der Waals surface area contributed by atoms with Crippen molar-refractivity contribution in [3.8, 4) is 0 Å². The molecule has 2 atom stereocenters. The van der Waals surface area contributed by atoms with E-state index in [9.17, 15) is 9.59 Å². The van der Waals surface area contributed by atoms with Crippen LogP contribution in [0.5, 0.6) is 0 Å². The highest BCUT2D eigenvalue weighted by Gasteiger charge is 2.39.